The number of aryl methyl sites for hydroxylation is 1. The fourth-order valence-electron chi connectivity index (χ4n) is 4.33. The van der Waals surface area contributed by atoms with Crippen LogP contribution in [0, 0.1) is 12.7 Å². The summed E-state index contributed by atoms with van der Waals surface area (Å²) in [6.45, 7) is 4.14. The van der Waals surface area contributed by atoms with Crippen molar-refractivity contribution in [1.82, 2.24) is 9.88 Å². The van der Waals surface area contributed by atoms with Crippen LogP contribution in [0.1, 0.15) is 29.5 Å². The fourth-order valence-corrected chi connectivity index (χ4v) is 5.20. The molecule has 2 aromatic carbocycles. The molecular weight excluding hydrogens is 429 g/mol. The van der Waals surface area contributed by atoms with E-state index in [9.17, 15) is 9.18 Å². The molecule has 8 heteroatoms. The smallest absolute Gasteiger partial charge is 0.322 e. The average molecular weight is 456 g/mol. The van der Waals surface area contributed by atoms with Gasteiger partial charge in [0.25, 0.3) is 0 Å². The van der Waals surface area contributed by atoms with Gasteiger partial charge in [-0.05, 0) is 49.6 Å². The van der Waals surface area contributed by atoms with E-state index >= 15 is 0 Å². The average Bonchev–Trinajstić information content (AvgIpc) is 3.44. The molecule has 2 atom stereocenters. The van der Waals surface area contributed by atoms with Gasteiger partial charge in [-0.3, -0.25) is 0 Å². The number of carbonyl (C=O) groups is 1. The van der Waals surface area contributed by atoms with Crippen molar-refractivity contribution < 1.29 is 18.7 Å². The number of urea groups is 1. The SMILES string of the molecule is COc1ccc(OC)c(NC(=O)N2CC(c3ccc(C)c(F)c3)(c3nccs3)C[C@H]2C)c1. The van der Waals surface area contributed by atoms with Gasteiger partial charge in [0.05, 0.1) is 25.3 Å². The highest BCUT2D eigenvalue weighted by Gasteiger charge is 2.48. The van der Waals surface area contributed by atoms with Gasteiger partial charge in [0.2, 0.25) is 0 Å². The first-order valence-corrected chi connectivity index (χ1v) is 11.2. The molecule has 0 aliphatic carbocycles. The quantitative estimate of drug-likeness (QED) is 0.573. The normalized spacial score (nSPS) is 20.3. The molecule has 1 aliphatic rings. The minimum atomic E-state index is -0.572. The number of hydrogen-bond donors (Lipinski definition) is 1. The zero-order chi connectivity index (χ0) is 22.9. The molecule has 1 aliphatic heterocycles. The second-order valence-corrected chi connectivity index (χ2v) is 8.96. The maximum Gasteiger partial charge on any atom is 0.322 e. The lowest BCUT2D eigenvalue weighted by atomic mass is 9.78. The van der Waals surface area contributed by atoms with Crippen LogP contribution in [0.5, 0.6) is 11.5 Å². The molecular formula is C24H26FN3O3S. The molecule has 2 amide bonds. The summed E-state index contributed by atoms with van der Waals surface area (Å²) in [5.41, 5.74) is 1.38. The third-order valence-electron chi connectivity index (χ3n) is 6.09. The van der Waals surface area contributed by atoms with E-state index in [0.717, 1.165) is 10.6 Å². The molecule has 0 radical (unpaired) electrons. The van der Waals surface area contributed by atoms with Gasteiger partial charge in [-0.1, -0.05) is 12.1 Å². The molecule has 32 heavy (non-hydrogen) atoms. The van der Waals surface area contributed by atoms with Gasteiger partial charge in [0.1, 0.15) is 22.3 Å². The highest BCUT2D eigenvalue weighted by atomic mass is 32.1. The van der Waals surface area contributed by atoms with Crippen LogP contribution >= 0.6 is 11.3 Å². The summed E-state index contributed by atoms with van der Waals surface area (Å²) < 4.78 is 25.2. The Labute approximate surface area is 191 Å². The lowest BCUT2D eigenvalue weighted by Crippen LogP contribution is -2.39. The van der Waals surface area contributed by atoms with Crippen molar-refractivity contribution in [3.63, 3.8) is 0 Å². The maximum absolute atomic E-state index is 14.5. The molecule has 0 bridgehead atoms. The molecule has 1 N–H and O–H groups in total. The summed E-state index contributed by atoms with van der Waals surface area (Å²) in [6, 6.07) is 10.2. The highest BCUT2D eigenvalue weighted by molar-refractivity contribution is 7.09. The predicted octanol–water partition coefficient (Wildman–Crippen LogP) is 5.22. The molecule has 4 rings (SSSR count). The maximum atomic E-state index is 14.5. The van der Waals surface area contributed by atoms with Crippen LogP contribution in [0.3, 0.4) is 0 Å². The molecule has 1 aromatic heterocycles. The summed E-state index contributed by atoms with van der Waals surface area (Å²) >= 11 is 1.53. The summed E-state index contributed by atoms with van der Waals surface area (Å²) in [6.07, 6.45) is 2.40. The monoisotopic (exact) mass is 455 g/mol. The number of hydrogen-bond acceptors (Lipinski definition) is 5. The Morgan fingerprint density at radius 2 is 2.06 bits per heavy atom. The number of halogens is 1. The number of benzene rings is 2. The van der Waals surface area contributed by atoms with E-state index in [0.29, 0.717) is 35.7 Å². The first-order valence-electron chi connectivity index (χ1n) is 10.3. The van der Waals surface area contributed by atoms with E-state index in [1.54, 1.807) is 62.6 Å². The molecule has 0 spiro atoms. The Hall–Kier alpha value is -3.13. The number of methoxy groups -OCH3 is 2. The Balaban J connectivity index is 1.67. The van der Waals surface area contributed by atoms with E-state index in [1.165, 1.54) is 11.3 Å². The van der Waals surface area contributed by atoms with Crippen LogP contribution in [-0.2, 0) is 5.41 Å². The standard InChI is InChI=1S/C24H26FN3O3S/c1-15-5-6-17(11-19(15)25)24(22-26-9-10-32-22)13-16(2)28(14-24)23(29)27-20-12-18(30-3)7-8-21(20)31-4/h5-12,16H,13-14H2,1-4H3,(H,27,29)/t16-,24?/m1/s1. The van der Waals surface area contributed by atoms with Gasteiger partial charge in [-0.25, -0.2) is 14.2 Å². The summed E-state index contributed by atoms with van der Waals surface area (Å²) in [4.78, 5) is 19.7. The van der Waals surface area contributed by atoms with Crippen molar-refractivity contribution in [2.45, 2.75) is 31.7 Å². The van der Waals surface area contributed by atoms with Crippen LogP contribution in [0.4, 0.5) is 14.9 Å². The predicted molar refractivity (Wildman–Crippen MR) is 123 cm³/mol. The molecule has 1 unspecified atom stereocenters. The summed E-state index contributed by atoms with van der Waals surface area (Å²) in [5, 5.41) is 5.74. The third kappa shape index (κ3) is 3.90. The first kappa shape index (κ1) is 22.1. The number of ether oxygens (including phenoxy) is 2. The van der Waals surface area contributed by atoms with Crippen molar-refractivity contribution >= 4 is 23.1 Å². The van der Waals surface area contributed by atoms with Gasteiger partial charge >= 0.3 is 6.03 Å². The van der Waals surface area contributed by atoms with Crippen LogP contribution in [0.2, 0.25) is 0 Å². The number of likely N-dealkylation sites (tertiary alicyclic amines) is 1. The lowest BCUT2D eigenvalue weighted by Gasteiger charge is -2.28. The zero-order valence-corrected chi connectivity index (χ0v) is 19.3. The Kier molecular flexibility index (Phi) is 6.06. The van der Waals surface area contributed by atoms with E-state index in [1.807, 2.05) is 18.4 Å². The lowest BCUT2D eigenvalue weighted by molar-refractivity contribution is 0.208. The van der Waals surface area contributed by atoms with E-state index in [4.69, 9.17) is 9.47 Å². The summed E-state index contributed by atoms with van der Waals surface area (Å²) in [7, 11) is 3.12. The minimum Gasteiger partial charge on any atom is -0.497 e. The minimum absolute atomic E-state index is 0.0835. The highest BCUT2D eigenvalue weighted by Crippen LogP contribution is 2.45. The van der Waals surface area contributed by atoms with E-state index in [2.05, 4.69) is 10.3 Å². The first-order chi connectivity index (χ1) is 15.4. The molecule has 0 saturated carbocycles. The van der Waals surface area contributed by atoms with Crippen molar-refractivity contribution in [3.05, 3.63) is 69.9 Å². The number of rotatable bonds is 5. The molecule has 3 aromatic rings. The Morgan fingerprint density at radius 3 is 2.72 bits per heavy atom. The number of anilines is 1. The molecule has 1 saturated heterocycles. The number of aromatic nitrogens is 1. The van der Waals surface area contributed by atoms with E-state index in [-0.39, 0.29) is 17.9 Å². The van der Waals surface area contributed by atoms with Crippen LogP contribution in [-0.4, -0.2) is 42.7 Å². The van der Waals surface area contributed by atoms with Crippen molar-refractivity contribution in [3.8, 4) is 11.5 Å². The second kappa shape index (κ2) is 8.78. The number of carbonyl (C=O) groups excluding carboxylic acids is 1. The topological polar surface area (TPSA) is 63.7 Å². The largest absolute Gasteiger partial charge is 0.497 e. The molecule has 168 valence electrons. The van der Waals surface area contributed by atoms with Crippen molar-refractivity contribution in [2.75, 3.05) is 26.1 Å². The van der Waals surface area contributed by atoms with Crippen molar-refractivity contribution in [1.29, 1.82) is 0 Å². The van der Waals surface area contributed by atoms with Gasteiger partial charge in [0.15, 0.2) is 0 Å². The third-order valence-corrected chi connectivity index (χ3v) is 7.07. The number of thiazole rings is 1. The zero-order valence-electron chi connectivity index (χ0n) is 18.5. The van der Waals surface area contributed by atoms with Crippen molar-refractivity contribution in [2.24, 2.45) is 0 Å². The molecule has 2 heterocycles. The molecule has 1 fully saturated rings. The van der Waals surface area contributed by atoms with E-state index < -0.39 is 5.41 Å². The second-order valence-electron chi connectivity index (χ2n) is 8.06. The van der Waals surface area contributed by atoms with Gasteiger partial charge in [-0.15, -0.1) is 11.3 Å². The number of nitrogens with one attached hydrogen (secondary N) is 1. The van der Waals surface area contributed by atoms with Crippen LogP contribution in [0.15, 0.2) is 48.0 Å². The van der Waals surface area contributed by atoms with Crippen LogP contribution in [0.25, 0.3) is 0 Å². The fraction of sp³-hybridized carbons (Fsp3) is 0.333. The van der Waals surface area contributed by atoms with Gasteiger partial charge < -0.3 is 19.7 Å². The number of nitrogens with zero attached hydrogens (tertiary/aromatic N) is 2. The molecule has 6 nitrogen and oxygen atoms in total. The Morgan fingerprint density at radius 1 is 1.25 bits per heavy atom. The summed E-state index contributed by atoms with van der Waals surface area (Å²) in [5.74, 6) is 0.899. The van der Waals surface area contributed by atoms with Gasteiger partial charge in [0, 0.05) is 30.2 Å². The van der Waals surface area contributed by atoms with Gasteiger partial charge in [-0.2, -0.15) is 0 Å². The Bertz CT molecular complexity index is 1120. The number of amides is 2. The van der Waals surface area contributed by atoms with Crippen LogP contribution < -0.4 is 14.8 Å².